The van der Waals surface area contributed by atoms with Crippen LogP contribution in [0.15, 0.2) is 23.1 Å². The quantitative estimate of drug-likeness (QED) is 0.897. The largest absolute Gasteiger partial charge is 0.312 e. The van der Waals surface area contributed by atoms with Gasteiger partial charge < -0.3 is 5.32 Å². The molecule has 0 aromatic heterocycles. The number of nitrogens with one attached hydrogen (secondary N) is 1. The van der Waals surface area contributed by atoms with E-state index in [1.807, 2.05) is 6.92 Å². The van der Waals surface area contributed by atoms with Crippen molar-refractivity contribution >= 4 is 22.4 Å². The van der Waals surface area contributed by atoms with Crippen LogP contribution >= 0.6 is 12.4 Å². The van der Waals surface area contributed by atoms with E-state index in [2.05, 4.69) is 5.32 Å². The van der Waals surface area contributed by atoms with Gasteiger partial charge in [-0.25, -0.2) is 17.2 Å². The highest BCUT2D eigenvalue weighted by Gasteiger charge is 2.32. The molecule has 1 aromatic rings. The molecule has 2 rings (SSSR count). The second kappa shape index (κ2) is 6.13. The number of benzene rings is 1. The molecule has 0 aliphatic carbocycles. The average molecular weight is 313 g/mol. The molecule has 0 saturated carbocycles. The van der Waals surface area contributed by atoms with E-state index < -0.39 is 26.6 Å². The Morgan fingerprint density at radius 1 is 1.32 bits per heavy atom. The average Bonchev–Trinajstić information content (AvgIpc) is 2.28. The first-order valence-corrected chi connectivity index (χ1v) is 7.04. The monoisotopic (exact) mass is 312 g/mol. The molecule has 1 aliphatic heterocycles. The fraction of sp³-hybridized carbons (Fsp3) is 0.455. The number of sulfonamides is 1. The molecular weight excluding hydrogens is 298 g/mol. The molecule has 108 valence electrons. The molecule has 1 atom stereocenters. The highest BCUT2D eigenvalue weighted by atomic mass is 35.5. The maximum atomic E-state index is 13.5. The summed E-state index contributed by atoms with van der Waals surface area (Å²) in [4.78, 5) is -0.862. The summed E-state index contributed by atoms with van der Waals surface area (Å²) in [6, 6.07) is 3.00. The van der Waals surface area contributed by atoms with Crippen molar-refractivity contribution in [2.24, 2.45) is 0 Å². The Morgan fingerprint density at radius 2 is 1.89 bits per heavy atom. The van der Waals surface area contributed by atoms with Gasteiger partial charge in [0.25, 0.3) is 0 Å². The Balaban J connectivity index is 0.00000180. The summed E-state index contributed by atoms with van der Waals surface area (Å²) in [7, 11) is -4.11. The van der Waals surface area contributed by atoms with Gasteiger partial charge in [-0.15, -0.1) is 12.4 Å². The molecule has 8 heteroatoms. The zero-order chi connectivity index (χ0) is 13.3. The summed E-state index contributed by atoms with van der Waals surface area (Å²) >= 11 is 0. The van der Waals surface area contributed by atoms with Crippen LogP contribution in [0.5, 0.6) is 0 Å². The molecule has 19 heavy (non-hydrogen) atoms. The lowest BCUT2D eigenvalue weighted by Gasteiger charge is -2.31. The van der Waals surface area contributed by atoms with Crippen molar-refractivity contribution in [1.29, 1.82) is 0 Å². The van der Waals surface area contributed by atoms with Gasteiger partial charge in [0.2, 0.25) is 10.0 Å². The van der Waals surface area contributed by atoms with Crippen LogP contribution in [0.1, 0.15) is 6.92 Å². The van der Waals surface area contributed by atoms with E-state index in [1.165, 1.54) is 0 Å². The zero-order valence-corrected chi connectivity index (χ0v) is 11.9. The van der Waals surface area contributed by atoms with Gasteiger partial charge >= 0.3 is 0 Å². The van der Waals surface area contributed by atoms with Crippen LogP contribution < -0.4 is 5.32 Å². The summed E-state index contributed by atoms with van der Waals surface area (Å²) < 4.78 is 52.6. The maximum absolute atomic E-state index is 13.5. The number of halogens is 3. The topological polar surface area (TPSA) is 49.4 Å². The SMILES string of the molecule is C[C@H]1CN(S(=O)(=O)c2c(F)cccc2F)CCN1.Cl. The van der Waals surface area contributed by atoms with Gasteiger partial charge in [-0.3, -0.25) is 0 Å². The summed E-state index contributed by atoms with van der Waals surface area (Å²) in [5.41, 5.74) is 0. The van der Waals surface area contributed by atoms with Crippen molar-refractivity contribution in [3.8, 4) is 0 Å². The first kappa shape index (κ1) is 16.3. The van der Waals surface area contributed by atoms with Crippen molar-refractivity contribution in [3.63, 3.8) is 0 Å². The van der Waals surface area contributed by atoms with Crippen LogP contribution in [-0.4, -0.2) is 38.4 Å². The van der Waals surface area contributed by atoms with E-state index >= 15 is 0 Å². The molecule has 0 spiro atoms. The van der Waals surface area contributed by atoms with Gasteiger partial charge in [0.1, 0.15) is 11.6 Å². The van der Waals surface area contributed by atoms with E-state index in [0.29, 0.717) is 6.54 Å². The molecule has 1 heterocycles. The van der Waals surface area contributed by atoms with Crippen molar-refractivity contribution in [3.05, 3.63) is 29.8 Å². The van der Waals surface area contributed by atoms with E-state index in [-0.39, 0.29) is 31.5 Å². The minimum Gasteiger partial charge on any atom is -0.312 e. The Labute approximate surface area is 117 Å². The summed E-state index contributed by atoms with van der Waals surface area (Å²) in [6.45, 7) is 2.70. The van der Waals surface area contributed by atoms with Gasteiger partial charge in [0.15, 0.2) is 4.90 Å². The molecule has 0 bridgehead atoms. The van der Waals surface area contributed by atoms with Gasteiger partial charge in [-0.1, -0.05) is 6.07 Å². The molecule has 4 nitrogen and oxygen atoms in total. The minimum absolute atomic E-state index is 0. The first-order valence-electron chi connectivity index (χ1n) is 5.60. The van der Waals surface area contributed by atoms with Crippen molar-refractivity contribution in [2.45, 2.75) is 17.9 Å². The lowest BCUT2D eigenvalue weighted by molar-refractivity contribution is 0.307. The van der Waals surface area contributed by atoms with Gasteiger partial charge in [-0.05, 0) is 19.1 Å². The normalized spacial score (nSPS) is 20.9. The molecular formula is C11H15ClF2N2O2S. The summed E-state index contributed by atoms with van der Waals surface area (Å²) in [6.07, 6.45) is 0. The van der Waals surface area contributed by atoms with Crippen LogP contribution in [-0.2, 0) is 10.0 Å². The van der Waals surface area contributed by atoms with Crippen LogP contribution in [0.2, 0.25) is 0 Å². The fourth-order valence-corrected chi connectivity index (χ4v) is 3.61. The first-order chi connectivity index (χ1) is 8.43. The second-order valence-electron chi connectivity index (χ2n) is 4.27. The van der Waals surface area contributed by atoms with Gasteiger partial charge in [-0.2, -0.15) is 4.31 Å². The number of hydrogen-bond donors (Lipinski definition) is 1. The highest BCUT2D eigenvalue weighted by molar-refractivity contribution is 7.89. The Morgan fingerprint density at radius 3 is 2.42 bits per heavy atom. The van der Waals surface area contributed by atoms with Crippen LogP contribution in [0.4, 0.5) is 8.78 Å². The lowest BCUT2D eigenvalue weighted by Crippen LogP contribution is -2.51. The molecule has 1 saturated heterocycles. The van der Waals surface area contributed by atoms with Gasteiger partial charge in [0.05, 0.1) is 0 Å². The second-order valence-corrected chi connectivity index (χ2v) is 6.14. The molecule has 1 aliphatic rings. The molecule has 1 N–H and O–H groups in total. The zero-order valence-electron chi connectivity index (χ0n) is 10.3. The number of rotatable bonds is 2. The van der Waals surface area contributed by atoms with Crippen LogP contribution in [0, 0.1) is 11.6 Å². The van der Waals surface area contributed by atoms with Crippen molar-refractivity contribution in [2.75, 3.05) is 19.6 Å². The van der Waals surface area contributed by atoms with Crippen LogP contribution in [0.25, 0.3) is 0 Å². The fourth-order valence-electron chi connectivity index (χ4n) is 1.97. The highest BCUT2D eigenvalue weighted by Crippen LogP contribution is 2.23. The standard InChI is InChI=1S/C11H14F2N2O2S.ClH/c1-8-7-15(6-5-14-8)18(16,17)11-9(12)3-2-4-10(11)13;/h2-4,8,14H,5-7H2,1H3;1H/t8-;/m0./s1. The molecule has 0 amide bonds. The number of piperazine rings is 1. The third-order valence-electron chi connectivity index (χ3n) is 2.85. The predicted molar refractivity (Wildman–Crippen MR) is 69.8 cm³/mol. The summed E-state index contributed by atoms with van der Waals surface area (Å²) in [5, 5.41) is 3.07. The van der Waals surface area contributed by atoms with E-state index in [0.717, 1.165) is 22.5 Å². The van der Waals surface area contributed by atoms with Crippen molar-refractivity contribution in [1.82, 2.24) is 9.62 Å². The minimum atomic E-state index is -4.11. The lowest BCUT2D eigenvalue weighted by atomic mass is 10.3. The van der Waals surface area contributed by atoms with Crippen LogP contribution in [0.3, 0.4) is 0 Å². The van der Waals surface area contributed by atoms with Gasteiger partial charge in [0, 0.05) is 25.7 Å². The van der Waals surface area contributed by atoms with Crippen molar-refractivity contribution < 1.29 is 17.2 Å². The summed E-state index contributed by atoms with van der Waals surface area (Å²) in [5.74, 6) is -2.11. The number of nitrogens with zero attached hydrogens (tertiary/aromatic N) is 1. The third kappa shape index (κ3) is 3.22. The predicted octanol–water partition coefficient (Wildman–Crippen LogP) is 1.37. The van der Waals surface area contributed by atoms with E-state index in [9.17, 15) is 17.2 Å². The molecule has 1 fully saturated rings. The molecule has 1 aromatic carbocycles. The Hall–Kier alpha value is -0.760. The molecule has 0 unspecified atom stereocenters. The molecule has 0 radical (unpaired) electrons. The Bertz CT molecular complexity index is 533. The number of hydrogen-bond acceptors (Lipinski definition) is 3. The van der Waals surface area contributed by atoms with E-state index in [4.69, 9.17) is 0 Å². The smallest absolute Gasteiger partial charge is 0.249 e. The Kier molecular flexibility index (Phi) is 5.26. The van der Waals surface area contributed by atoms with E-state index in [1.54, 1.807) is 0 Å². The maximum Gasteiger partial charge on any atom is 0.249 e. The third-order valence-corrected chi connectivity index (χ3v) is 4.77.